The van der Waals surface area contributed by atoms with E-state index in [-0.39, 0.29) is 5.82 Å². The maximum atomic E-state index is 14.8. The van der Waals surface area contributed by atoms with E-state index in [1.807, 2.05) is 36.7 Å². The number of nitrogens with one attached hydrogen (secondary N) is 2. The quantitative estimate of drug-likeness (QED) is 0.171. The number of nitrogens with zero attached hydrogens (tertiary/aromatic N) is 6. The van der Waals surface area contributed by atoms with E-state index in [1.165, 1.54) is 37.8 Å². The normalized spacial score (nSPS) is 15.7. The van der Waals surface area contributed by atoms with Gasteiger partial charge in [0.1, 0.15) is 36.2 Å². The van der Waals surface area contributed by atoms with Crippen LogP contribution in [0.4, 0.5) is 4.39 Å². The summed E-state index contributed by atoms with van der Waals surface area (Å²) in [5, 5.41) is 9.41. The molecule has 7 heterocycles. The molecular weight excluding hydrogens is 595 g/mol. The Morgan fingerprint density at radius 1 is 0.702 bits per heavy atom. The highest BCUT2D eigenvalue weighted by atomic mass is 19.1. The molecule has 47 heavy (non-hydrogen) atoms. The van der Waals surface area contributed by atoms with Gasteiger partial charge in [0, 0.05) is 70.7 Å². The van der Waals surface area contributed by atoms with E-state index >= 15 is 0 Å². The minimum absolute atomic E-state index is 0.360. The van der Waals surface area contributed by atoms with Crippen molar-refractivity contribution in [2.75, 3.05) is 52.5 Å². The van der Waals surface area contributed by atoms with Crippen LogP contribution in [0.15, 0.2) is 67.3 Å². The monoisotopic (exact) mass is 632 g/mol. The lowest BCUT2D eigenvalue weighted by Gasteiger charge is -2.15. The highest BCUT2D eigenvalue weighted by molar-refractivity contribution is 6.00. The number of ether oxygens (including phenoxy) is 2. The summed E-state index contributed by atoms with van der Waals surface area (Å²) in [5.74, 6) is 0.879. The molecule has 5 aromatic heterocycles. The first-order chi connectivity index (χ1) is 23.2. The summed E-state index contributed by atoms with van der Waals surface area (Å²) in [7, 11) is 0. The number of halogens is 1. The predicted octanol–water partition coefficient (Wildman–Crippen LogP) is 6.32. The second-order valence-corrected chi connectivity index (χ2v) is 12.4. The fraction of sp³-hybridized carbons (Fsp3) is 0.333. The molecule has 2 N–H and O–H groups in total. The zero-order chi connectivity index (χ0) is 31.6. The molecule has 0 spiro atoms. The van der Waals surface area contributed by atoms with Gasteiger partial charge in [-0.05, 0) is 88.3 Å². The number of benzene rings is 1. The molecule has 8 rings (SSSR count). The van der Waals surface area contributed by atoms with Gasteiger partial charge in [0.15, 0.2) is 5.65 Å². The van der Waals surface area contributed by atoms with Crippen LogP contribution < -0.4 is 9.47 Å². The van der Waals surface area contributed by atoms with E-state index in [9.17, 15) is 4.39 Å². The first kappa shape index (κ1) is 29.5. The molecule has 2 aliphatic heterocycles. The molecule has 0 aliphatic carbocycles. The SMILES string of the molecule is Fc1cc(OCCN2CCCC2)cc(-c2nccc3[nH]c(-c4n[nH]c5ncc(-c6cncc(OCCN7CCCC7)c6)cc45)cc23)c1. The van der Waals surface area contributed by atoms with Gasteiger partial charge in [-0.2, -0.15) is 5.10 Å². The Morgan fingerprint density at radius 2 is 1.43 bits per heavy atom. The molecule has 240 valence electrons. The molecule has 2 fully saturated rings. The van der Waals surface area contributed by atoms with E-state index < -0.39 is 0 Å². The number of likely N-dealkylation sites (tertiary alicyclic amines) is 2. The van der Waals surface area contributed by atoms with Crippen LogP contribution in [0.1, 0.15) is 25.7 Å². The largest absolute Gasteiger partial charge is 0.492 e. The van der Waals surface area contributed by atoms with Crippen LogP contribution in [0.3, 0.4) is 0 Å². The molecule has 0 atom stereocenters. The number of hydrogen-bond donors (Lipinski definition) is 2. The Kier molecular flexibility index (Phi) is 8.22. The lowest BCUT2D eigenvalue weighted by molar-refractivity contribution is 0.237. The maximum Gasteiger partial charge on any atom is 0.155 e. The van der Waals surface area contributed by atoms with Crippen LogP contribution >= 0.6 is 0 Å². The third-order valence-electron chi connectivity index (χ3n) is 9.16. The van der Waals surface area contributed by atoms with E-state index in [0.717, 1.165) is 83.8 Å². The molecule has 0 unspecified atom stereocenters. The van der Waals surface area contributed by atoms with Gasteiger partial charge in [-0.3, -0.25) is 24.9 Å². The second-order valence-electron chi connectivity index (χ2n) is 12.4. The number of rotatable bonds is 11. The van der Waals surface area contributed by atoms with Gasteiger partial charge in [0.2, 0.25) is 0 Å². The van der Waals surface area contributed by atoms with Crippen LogP contribution in [0.2, 0.25) is 0 Å². The number of aromatic nitrogens is 6. The van der Waals surface area contributed by atoms with Crippen molar-refractivity contribution in [3.63, 3.8) is 0 Å². The number of H-pyrrole nitrogens is 2. The topological polar surface area (TPSA) is 108 Å². The Balaban J connectivity index is 1.05. The van der Waals surface area contributed by atoms with Crippen molar-refractivity contribution < 1.29 is 13.9 Å². The van der Waals surface area contributed by atoms with E-state index in [1.54, 1.807) is 12.4 Å². The van der Waals surface area contributed by atoms with Gasteiger partial charge in [-0.25, -0.2) is 9.37 Å². The summed E-state index contributed by atoms with van der Waals surface area (Å²) in [6, 6.07) is 12.8. The van der Waals surface area contributed by atoms with E-state index in [2.05, 4.69) is 46.0 Å². The molecule has 1 aromatic carbocycles. The molecule has 0 amide bonds. The summed E-state index contributed by atoms with van der Waals surface area (Å²) in [4.78, 5) is 22.0. The summed E-state index contributed by atoms with van der Waals surface area (Å²) in [5.41, 5.74) is 6.22. The van der Waals surface area contributed by atoms with Gasteiger partial charge >= 0.3 is 0 Å². The van der Waals surface area contributed by atoms with Crippen molar-refractivity contribution in [2.45, 2.75) is 25.7 Å². The summed E-state index contributed by atoms with van der Waals surface area (Å²) in [6.07, 6.45) is 12.1. The van der Waals surface area contributed by atoms with Crippen LogP contribution in [0.5, 0.6) is 11.5 Å². The lowest BCUT2D eigenvalue weighted by Crippen LogP contribution is -2.25. The lowest BCUT2D eigenvalue weighted by atomic mass is 10.1. The number of fused-ring (bicyclic) bond motifs is 2. The minimum Gasteiger partial charge on any atom is -0.492 e. The van der Waals surface area contributed by atoms with Gasteiger partial charge in [-0.15, -0.1) is 0 Å². The third kappa shape index (κ3) is 6.41. The van der Waals surface area contributed by atoms with Crippen molar-refractivity contribution in [1.29, 1.82) is 0 Å². The standard InChI is InChI=1S/C36H37FN8O2/c37-27-15-24(16-28(19-27)46-13-11-44-7-1-2-8-44)34-30-20-33(41-32(30)5-6-39-34)35-31-18-26(22-40-36(31)43-42-35)25-17-29(23-38-21-25)47-14-12-45-9-3-4-10-45/h5-6,15-23,41H,1-4,7-14H2,(H,40,42,43). The molecule has 2 saturated heterocycles. The van der Waals surface area contributed by atoms with Crippen LogP contribution in [-0.4, -0.2) is 92.4 Å². The Labute approximate surface area is 272 Å². The van der Waals surface area contributed by atoms with Gasteiger partial charge < -0.3 is 14.5 Å². The fourth-order valence-corrected chi connectivity index (χ4v) is 6.71. The Morgan fingerprint density at radius 3 is 2.21 bits per heavy atom. The third-order valence-corrected chi connectivity index (χ3v) is 9.16. The molecule has 0 saturated carbocycles. The van der Waals surface area contributed by atoms with Gasteiger partial charge in [-0.1, -0.05) is 0 Å². The first-order valence-corrected chi connectivity index (χ1v) is 16.5. The number of hydrogen-bond acceptors (Lipinski definition) is 8. The highest BCUT2D eigenvalue weighted by Gasteiger charge is 2.18. The fourth-order valence-electron chi connectivity index (χ4n) is 6.71. The van der Waals surface area contributed by atoms with Crippen LogP contribution in [0.25, 0.3) is 55.7 Å². The molecule has 2 aliphatic rings. The molecular formula is C36H37FN8O2. The highest BCUT2D eigenvalue weighted by Crippen LogP contribution is 2.35. The van der Waals surface area contributed by atoms with Crippen molar-refractivity contribution >= 4 is 21.9 Å². The van der Waals surface area contributed by atoms with Crippen LogP contribution in [-0.2, 0) is 0 Å². The zero-order valence-corrected chi connectivity index (χ0v) is 26.2. The molecule has 0 bridgehead atoms. The van der Waals surface area contributed by atoms with Gasteiger partial charge in [0.05, 0.1) is 17.6 Å². The predicted molar refractivity (Wildman–Crippen MR) is 180 cm³/mol. The average Bonchev–Trinajstić information content (AvgIpc) is 3.91. The summed E-state index contributed by atoms with van der Waals surface area (Å²) in [6.45, 7) is 7.40. The molecule has 10 nitrogen and oxygen atoms in total. The molecule has 6 aromatic rings. The van der Waals surface area contributed by atoms with Gasteiger partial charge in [0.25, 0.3) is 0 Å². The second kappa shape index (κ2) is 13.1. The first-order valence-electron chi connectivity index (χ1n) is 16.5. The summed E-state index contributed by atoms with van der Waals surface area (Å²) < 4.78 is 26.8. The van der Waals surface area contributed by atoms with Crippen molar-refractivity contribution in [3.05, 3.63) is 73.1 Å². The van der Waals surface area contributed by atoms with E-state index in [0.29, 0.717) is 35.9 Å². The number of pyridine rings is 3. The van der Waals surface area contributed by atoms with Crippen LogP contribution in [0, 0.1) is 5.82 Å². The van der Waals surface area contributed by atoms with Crippen molar-refractivity contribution in [1.82, 2.24) is 39.9 Å². The molecule has 11 heteroatoms. The molecule has 0 radical (unpaired) electrons. The zero-order valence-electron chi connectivity index (χ0n) is 26.2. The minimum atomic E-state index is -0.360. The Hall–Kier alpha value is -4.87. The van der Waals surface area contributed by atoms with E-state index in [4.69, 9.17) is 9.47 Å². The number of aromatic amines is 2. The van der Waals surface area contributed by atoms with Crippen molar-refractivity contribution in [2.24, 2.45) is 0 Å². The van der Waals surface area contributed by atoms with Crippen molar-refractivity contribution in [3.8, 4) is 45.3 Å². The summed E-state index contributed by atoms with van der Waals surface area (Å²) >= 11 is 0. The smallest absolute Gasteiger partial charge is 0.155 e. The Bertz CT molecular complexity index is 2010. The average molecular weight is 633 g/mol. The maximum absolute atomic E-state index is 14.8.